The van der Waals surface area contributed by atoms with E-state index in [1.165, 1.54) is 4.88 Å². The van der Waals surface area contributed by atoms with Crippen LogP contribution in [0.3, 0.4) is 0 Å². The zero-order valence-electron chi connectivity index (χ0n) is 9.86. The molecule has 2 aromatic rings. The Balaban J connectivity index is 1.98. The SMILES string of the molecule is Cc1cccc(C(=O)NCc2ccc(C)s2)n1. The van der Waals surface area contributed by atoms with Gasteiger partial charge >= 0.3 is 0 Å². The third-order valence-corrected chi connectivity index (χ3v) is 3.34. The van der Waals surface area contributed by atoms with Crippen LogP contribution in [0.5, 0.6) is 0 Å². The number of carbonyl (C=O) groups is 1. The van der Waals surface area contributed by atoms with E-state index in [1.807, 2.05) is 25.1 Å². The largest absolute Gasteiger partial charge is 0.346 e. The van der Waals surface area contributed by atoms with Gasteiger partial charge in [-0.3, -0.25) is 4.79 Å². The van der Waals surface area contributed by atoms with Gasteiger partial charge in [0.1, 0.15) is 5.69 Å². The highest BCUT2D eigenvalue weighted by Gasteiger charge is 2.07. The molecule has 0 unspecified atom stereocenters. The lowest BCUT2D eigenvalue weighted by atomic mass is 10.3. The second kappa shape index (κ2) is 5.10. The first-order chi connectivity index (χ1) is 8.15. The molecule has 0 aliphatic rings. The third-order valence-electron chi connectivity index (χ3n) is 2.34. The van der Waals surface area contributed by atoms with E-state index >= 15 is 0 Å². The smallest absolute Gasteiger partial charge is 0.270 e. The van der Waals surface area contributed by atoms with Gasteiger partial charge in [-0.05, 0) is 38.1 Å². The summed E-state index contributed by atoms with van der Waals surface area (Å²) in [4.78, 5) is 18.4. The summed E-state index contributed by atoms with van der Waals surface area (Å²) < 4.78 is 0. The van der Waals surface area contributed by atoms with Gasteiger partial charge in [-0.2, -0.15) is 0 Å². The summed E-state index contributed by atoms with van der Waals surface area (Å²) in [6, 6.07) is 9.52. The second-order valence-corrected chi connectivity index (χ2v) is 5.23. The first kappa shape index (κ1) is 11.8. The first-order valence-electron chi connectivity index (χ1n) is 5.42. The van der Waals surface area contributed by atoms with Crippen molar-refractivity contribution in [2.75, 3.05) is 0 Å². The number of aromatic nitrogens is 1. The quantitative estimate of drug-likeness (QED) is 0.904. The summed E-state index contributed by atoms with van der Waals surface area (Å²) in [6.45, 7) is 4.49. The average molecular weight is 246 g/mol. The summed E-state index contributed by atoms with van der Waals surface area (Å²) in [5.74, 6) is -0.125. The van der Waals surface area contributed by atoms with Crippen molar-refractivity contribution in [3.63, 3.8) is 0 Å². The Morgan fingerprint density at radius 1 is 1.29 bits per heavy atom. The molecule has 1 N–H and O–H groups in total. The molecule has 0 aliphatic heterocycles. The van der Waals surface area contributed by atoms with Crippen molar-refractivity contribution < 1.29 is 4.79 Å². The van der Waals surface area contributed by atoms with Gasteiger partial charge in [0, 0.05) is 15.4 Å². The normalized spacial score (nSPS) is 10.2. The monoisotopic (exact) mass is 246 g/mol. The highest BCUT2D eigenvalue weighted by atomic mass is 32.1. The number of hydrogen-bond donors (Lipinski definition) is 1. The number of pyridine rings is 1. The Morgan fingerprint density at radius 2 is 2.12 bits per heavy atom. The minimum atomic E-state index is -0.125. The molecule has 0 saturated carbocycles. The maximum absolute atomic E-state index is 11.8. The molecular formula is C13H14N2OS. The van der Waals surface area contributed by atoms with Crippen LogP contribution in [-0.2, 0) is 6.54 Å². The number of rotatable bonds is 3. The minimum Gasteiger partial charge on any atom is -0.346 e. The minimum absolute atomic E-state index is 0.125. The van der Waals surface area contributed by atoms with Gasteiger partial charge in [0.15, 0.2) is 0 Å². The molecule has 0 spiro atoms. The lowest BCUT2D eigenvalue weighted by molar-refractivity contribution is 0.0946. The molecule has 4 heteroatoms. The molecule has 0 saturated heterocycles. The first-order valence-corrected chi connectivity index (χ1v) is 6.24. The molecule has 88 valence electrons. The van der Waals surface area contributed by atoms with Gasteiger partial charge in [-0.15, -0.1) is 11.3 Å². The molecule has 0 bridgehead atoms. The number of thiophene rings is 1. The average Bonchev–Trinajstić information content (AvgIpc) is 2.72. The van der Waals surface area contributed by atoms with E-state index in [4.69, 9.17) is 0 Å². The van der Waals surface area contributed by atoms with Crippen molar-refractivity contribution in [3.05, 3.63) is 51.5 Å². The molecule has 17 heavy (non-hydrogen) atoms. The second-order valence-electron chi connectivity index (χ2n) is 3.86. The van der Waals surface area contributed by atoms with E-state index in [9.17, 15) is 4.79 Å². The fourth-order valence-electron chi connectivity index (χ4n) is 1.51. The Hall–Kier alpha value is -1.68. The van der Waals surface area contributed by atoms with Crippen molar-refractivity contribution >= 4 is 17.2 Å². The van der Waals surface area contributed by atoms with Gasteiger partial charge in [0.25, 0.3) is 5.91 Å². The van der Waals surface area contributed by atoms with Crippen molar-refractivity contribution in [3.8, 4) is 0 Å². The van der Waals surface area contributed by atoms with E-state index in [1.54, 1.807) is 17.4 Å². The lowest BCUT2D eigenvalue weighted by Crippen LogP contribution is -2.23. The van der Waals surface area contributed by atoms with Crippen LogP contribution in [0.15, 0.2) is 30.3 Å². The number of aryl methyl sites for hydroxylation is 2. The molecule has 0 aromatic carbocycles. The predicted octanol–water partition coefficient (Wildman–Crippen LogP) is 2.69. The van der Waals surface area contributed by atoms with Crippen LogP contribution >= 0.6 is 11.3 Å². The van der Waals surface area contributed by atoms with Crippen molar-refractivity contribution in [1.82, 2.24) is 10.3 Å². The number of hydrogen-bond acceptors (Lipinski definition) is 3. The van der Waals surface area contributed by atoms with Crippen LogP contribution in [0.2, 0.25) is 0 Å². The molecule has 0 aliphatic carbocycles. The zero-order valence-corrected chi connectivity index (χ0v) is 10.7. The molecule has 2 aromatic heterocycles. The number of carbonyl (C=O) groups excluding carboxylic acids is 1. The Morgan fingerprint density at radius 3 is 2.76 bits per heavy atom. The number of nitrogens with zero attached hydrogens (tertiary/aromatic N) is 1. The lowest BCUT2D eigenvalue weighted by Gasteiger charge is -2.03. The topological polar surface area (TPSA) is 42.0 Å². The predicted molar refractivity (Wildman–Crippen MR) is 69.2 cm³/mol. The standard InChI is InChI=1S/C13H14N2OS/c1-9-4-3-5-12(15-9)13(16)14-8-11-7-6-10(2)17-11/h3-7H,8H2,1-2H3,(H,14,16). The van der Waals surface area contributed by atoms with E-state index in [0.29, 0.717) is 12.2 Å². The molecule has 3 nitrogen and oxygen atoms in total. The highest BCUT2D eigenvalue weighted by molar-refractivity contribution is 7.11. The van der Waals surface area contributed by atoms with E-state index in [2.05, 4.69) is 23.3 Å². The van der Waals surface area contributed by atoms with Crippen LogP contribution in [0.1, 0.15) is 25.9 Å². The Bertz CT molecular complexity index is 534. The highest BCUT2D eigenvalue weighted by Crippen LogP contribution is 2.14. The van der Waals surface area contributed by atoms with Gasteiger partial charge in [-0.1, -0.05) is 6.07 Å². The van der Waals surface area contributed by atoms with Crippen LogP contribution in [0.25, 0.3) is 0 Å². The molecule has 1 amide bonds. The fourth-order valence-corrected chi connectivity index (χ4v) is 2.34. The molecule has 0 radical (unpaired) electrons. The molecule has 0 atom stereocenters. The molecule has 2 rings (SSSR count). The van der Waals surface area contributed by atoms with Gasteiger partial charge in [0.05, 0.1) is 6.54 Å². The maximum Gasteiger partial charge on any atom is 0.270 e. The van der Waals surface area contributed by atoms with E-state index in [-0.39, 0.29) is 5.91 Å². The summed E-state index contributed by atoms with van der Waals surface area (Å²) >= 11 is 1.69. The molecule has 2 heterocycles. The fraction of sp³-hybridized carbons (Fsp3) is 0.231. The number of amides is 1. The van der Waals surface area contributed by atoms with Crippen LogP contribution in [0, 0.1) is 13.8 Å². The van der Waals surface area contributed by atoms with E-state index in [0.717, 1.165) is 10.6 Å². The summed E-state index contributed by atoms with van der Waals surface area (Å²) in [6.07, 6.45) is 0. The summed E-state index contributed by atoms with van der Waals surface area (Å²) in [5.41, 5.74) is 1.32. The maximum atomic E-state index is 11.8. The zero-order chi connectivity index (χ0) is 12.3. The van der Waals surface area contributed by atoms with Gasteiger partial charge in [-0.25, -0.2) is 4.98 Å². The van der Waals surface area contributed by atoms with Gasteiger partial charge < -0.3 is 5.32 Å². The summed E-state index contributed by atoms with van der Waals surface area (Å²) in [5, 5.41) is 2.86. The van der Waals surface area contributed by atoms with Crippen molar-refractivity contribution in [2.24, 2.45) is 0 Å². The Kier molecular flexibility index (Phi) is 3.54. The summed E-state index contributed by atoms with van der Waals surface area (Å²) in [7, 11) is 0. The third kappa shape index (κ3) is 3.14. The van der Waals surface area contributed by atoms with Gasteiger partial charge in [0.2, 0.25) is 0 Å². The van der Waals surface area contributed by atoms with Crippen LogP contribution in [0.4, 0.5) is 0 Å². The van der Waals surface area contributed by atoms with Crippen LogP contribution < -0.4 is 5.32 Å². The van der Waals surface area contributed by atoms with Crippen molar-refractivity contribution in [2.45, 2.75) is 20.4 Å². The van der Waals surface area contributed by atoms with Crippen molar-refractivity contribution in [1.29, 1.82) is 0 Å². The Labute approximate surface area is 105 Å². The van der Waals surface area contributed by atoms with E-state index < -0.39 is 0 Å². The molecule has 0 fully saturated rings. The molecular weight excluding hydrogens is 232 g/mol. The van der Waals surface area contributed by atoms with Crippen LogP contribution in [-0.4, -0.2) is 10.9 Å². The number of nitrogens with one attached hydrogen (secondary N) is 1.